The van der Waals surface area contributed by atoms with E-state index >= 15 is 0 Å². The Balaban J connectivity index is 1.90. The van der Waals surface area contributed by atoms with Crippen LogP contribution in [0.2, 0.25) is 0 Å². The van der Waals surface area contributed by atoms with Gasteiger partial charge >= 0.3 is 0 Å². The Hall–Kier alpha value is -1.79. The van der Waals surface area contributed by atoms with Gasteiger partial charge in [0.15, 0.2) is 0 Å². The van der Waals surface area contributed by atoms with Crippen molar-refractivity contribution < 1.29 is 9.59 Å². The lowest BCUT2D eigenvalue weighted by Gasteiger charge is -2.32. The van der Waals surface area contributed by atoms with Gasteiger partial charge in [0.05, 0.1) is 0 Å². The normalized spacial score (nSPS) is 16.1. The van der Waals surface area contributed by atoms with Crippen molar-refractivity contribution in [3.05, 3.63) is 47.0 Å². The van der Waals surface area contributed by atoms with Gasteiger partial charge in [0.1, 0.15) is 6.04 Å². The minimum atomic E-state index is -0.501. The number of nitrogens with one attached hydrogen (secondary N) is 2. The van der Waals surface area contributed by atoms with Crippen molar-refractivity contribution in [3.8, 4) is 0 Å². The number of allylic oxidation sites excluding steroid dienone is 1. The van der Waals surface area contributed by atoms with E-state index in [1.165, 1.54) is 5.57 Å². The molecule has 5 nitrogen and oxygen atoms in total. The fourth-order valence-electron chi connectivity index (χ4n) is 3.41. The van der Waals surface area contributed by atoms with E-state index < -0.39 is 6.04 Å². The van der Waals surface area contributed by atoms with Crippen molar-refractivity contribution in [3.63, 3.8) is 0 Å². The van der Waals surface area contributed by atoms with Crippen LogP contribution in [0.25, 0.3) is 0 Å². The maximum atomic E-state index is 12.9. The van der Waals surface area contributed by atoms with Gasteiger partial charge in [-0.1, -0.05) is 29.3 Å². The molecule has 0 radical (unpaired) electrons. The van der Waals surface area contributed by atoms with E-state index in [1.54, 1.807) is 17.8 Å². The minimum absolute atomic E-state index is 0.0669. The number of carbonyl (C=O) groups is 2. The lowest BCUT2D eigenvalue weighted by molar-refractivity contribution is -0.124. The third-order valence-electron chi connectivity index (χ3n) is 5.20. The van der Waals surface area contributed by atoms with E-state index in [0.29, 0.717) is 12.0 Å². The molecule has 1 unspecified atom stereocenters. The van der Waals surface area contributed by atoms with Crippen LogP contribution in [0.3, 0.4) is 0 Å². The summed E-state index contributed by atoms with van der Waals surface area (Å²) in [5, 5.41) is 6.12. The van der Waals surface area contributed by atoms with Gasteiger partial charge in [-0.25, -0.2) is 0 Å². The highest BCUT2D eigenvalue weighted by atomic mass is 32.2. The van der Waals surface area contributed by atoms with Crippen LogP contribution in [0.5, 0.6) is 0 Å². The quantitative estimate of drug-likeness (QED) is 0.605. The lowest BCUT2D eigenvalue weighted by atomic mass is 10.0. The molecular weight excluding hydrogens is 382 g/mol. The molecule has 0 bridgehead atoms. The summed E-state index contributed by atoms with van der Waals surface area (Å²) in [4.78, 5) is 27.9. The Morgan fingerprint density at radius 2 is 2.00 bits per heavy atom. The SMILES string of the molecule is CSCCC(NC(=O)c1cccc(C)c1)C(=O)NC1CCN(CC=C(C)C)CC1. The number of piperidine rings is 1. The predicted octanol–water partition coefficient (Wildman–Crippen LogP) is 3.39. The highest BCUT2D eigenvalue weighted by molar-refractivity contribution is 7.98. The van der Waals surface area contributed by atoms with E-state index in [0.717, 1.165) is 43.8 Å². The molecule has 160 valence electrons. The molecule has 0 spiro atoms. The molecule has 0 aliphatic carbocycles. The number of carbonyl (C=O) groups excluding carboxylic acids is 2. The van der Waals surface area contributed by atoms with Crippen molar-refractivity contribution in [2.24, 2.45) is 0 Å². The van der Waals surface area contributed by atoms with E-state index in [4.69, 9.17) is 0 Å². The number of aryl methyl sites for hydroxylation is 1. The Morgan fingerprint density at radius 1 is 1.28 bits per heavy atom. The van der Waals surface area contributed by atoms with Crippen LogP contribution >= 0.6 is 11.8 Å². The number of rotatable bonds is 9. The number of likely N-dealkylation sites (tertiary alicyclic amines) is 1. The van der Waals surface area contributed by atoms with Crippen molar-refractivity contribution >= 4 is 23.6 Å². The molecule has 0 aromatic heterocycles. The van der Waals surface area contributed by atoms with Gasteiger partial charge in [0, 0.05) is 31.2 Å². The zero-order chi connectivity index (χ0) is 21.2. The zero-order valence-electron chi connectivity index (χ0n) is 18.2. The highest BCUT2D eigenvalue weighted by Gasteiger charge is 2.25. The Bertz CT molecular complexity index is 708. The Morgan fingerprint density at radius 3 is 2.62 bits per heavy atom. The van der Waals surface area contributed by atoms with Crippen molar-refractivity contribution in [1.29, 1.82) is 0 Å². The largest absolute Gasteiger partial charge is 0.351 e. The second kappa shape index (κ2) is 12.0. The monoisotopic (exact) mass is 417 g/mol. The summed E-state index contributed by atoms with van der Waals surface area (Å²) >= 11 is 1.68. The Labute approximate surface area is 179 Å². The van der Waals surface area contributed by atoms with Gasteiger partial charge in [0.25, 0.3) is 5.91 Å². The second-order valence-electron chi connectivity index (χ2n) is 8.04. The summed E-state index contributed by atoms with van der Waals surface area (Å²) in [6, 6.07) is 7.13. The molecule has 1 aliphatic rings. The number of thioether (sulfide) groups is 1. The first kappa shape index (κ1) is 23.5. The summed E-state index contributed by atoms with van der Waals surface area (Å²) in [7, 11) is 0. The van der Waals surface area contributed by atoms with Crippen molar-refractivity contribution in [1.82, 2.24) is 15.5 Å². The summed E-state index contributed by atoms with van der Waals surface area (Å²) < 4.78 is 0. The Kier molecular flexibility index (Phi) is 9.74. The third kappa shape index (κ3) is 8.23. The number of nitrogens with zero attached hydrogens (tertiary/aromatic N) is 1. The molecular formula is C23H35N3O2S. The minimum Gasteiger partial charge on any atom is -0.351 e. The first-order valence-corrected chi connectivity index (χ1v) is 11.8. The van der Waals surface area contributed by atoms with Crippen LogP contribution in [0.1, 0.15) is 49.0 Å². The van der Waals surface area contributed by atoms with Gasteiger partial charge in [-0.15, -0.1) is 0 Å². The average molecular weight is 418 g/mol. The molecule has 1 saturated heterocycles. The van der Waals surface area contributed by atoms with E-state index in [2.05, 4.69) is 35.5 Å². The van der Waals surface area contributed by atoms with Gasteiger partial charge in [-0.05, 0) is 64.2 Å². The van der Waals surface area contributed by atoms with Gasteiger partial charge < -0.3 is 10.6 Å². The van der Waals surface area contributed by atoms with Crippen LogP contribution in [-0.4, -0.2) is 60.4 Å². The molecule has 6 heteroatoms. The van der Waals surface area contributed by atoms with Crippen LogP contribution in [0, 0.1) is 6.92 Å². The maximum Gasteiger partial charge on any atom is 0.251 e. The molecule has 1 aromatic rings. The highest BCUT2D eigenvalue weighted by Crippen LogP contribution is 2.12. The zero-order valence-corrected chi connectivity index (χ0v) is 19.0. The third-order valence-corrected chi connectivity index (χ3v) is 5.85. The molecule has 1 atom stereocenters. The van der Waals surface area contributed by atoms with E-state index in [-0.39, 0.29) is 17.9 Å². The van der Waals surface area contributed by atoms with Gasteiger partial charge in [-0.3, -0.25) is 14.5 Å². The van der Waals surface area contributed by atoms with E-state index in [1.807, 2.05) is 31.4 Å². The van der Waals surface area contributed by atoms with Crippen LogP contribution < -0.4 is 10.6 Å². The first-order chi connectivity index (χ1) is 13.9. The summed E-state index contributed by atoms with van der Waals surface area (Å²) in [5.74, 6) is 0.571. The molecule has 2 N–H and O–H groups in total. The van der Waals surface area contributed by atoms with Gasteiger partial charge in [0.2, 0.25) is 5.91 Å². The fourth-order valence-corrected chi connectivity index (χ4v) is 3.88. The predicted molar refractivity (Wildman–Crippen MR) is 122 cm³/mol. The molecule has 0 saturated carbocycles. The lowest BCUT2D eigenvalue weighted by Crippen LogP contribution is -2.52. The fraction of sp³-hybridized carbons (Fsp3) is 0.565. The first-order valence-electron chi connectivity index (χ1n) is 10.4. The smallest absolute Gasteiger partial charge is 0.251 e. The molecule has 1 heterocycles. The molecule has 2 rings (SSSR count). The number of benzene rings is 1. The molecule has 2 amide bonds. The van der Waals surface area contributed by atoms with Crippen LogP contribution in [0.15, 0.2) is 35.9 Å². The number of amides is 2. The van der Waals surface area contributed by atoms with Crippen LogP contribution in [0.4, 0.5) is 0 Å². The van der Waals surface area contributed by atoms with Crippen molar-refractivity contribution in [2.45, 2.75) is 52.1 Å². The molecule has 1 aromatic carbocycles. The maximum absolute atomic E-state index is 12.9. The molecule has 1 aliphatic heterocycles. The standard InChI is InChI=1S/C23H35N3O2S/c1-17(2)8-12-26-13-9-20(10-14-26)24-23(28)21(11-15-29-4)25-22(27)19-7-5-6-18(3)16-19/h5-8,16,20-21H,9-15H2,1-4H3,(H,24,28)(H,25,27). The van der Waals surface area contributed by atoms with Crippen molar-refractivity contribution in [2.75, 3.05) is 31.6 Å². The topological polar surface area (TPSA) is 61.4 Å². The summed E-state index contributed by atoms with van der Waals surface area (Å²) in [6.45, 7) is 9.14. The number of hydrogen-bond acceptors (Lipinski definition) is 4. The molecule has 29 heavy (non-hydrogen) atoms. The van der Waals surface area contributed by atoms with E-state index in [9.17, 15) is 9.59 Å². The van der Waals surface area contributed by atoms with Crippen LogP contribution in [-0.2, 0) is 4.79 Å². The number of hydrogen-bond donors (Lipinski definition) is 2. The molecule has 1 fully saturated rings. The summed E-state index contributed by atoms with van der Waals surface area (Å²) in [5.41, 5.74) is 2.96. The second-order valence-corrected chi connectivity index (χ2v) is 9.03. The average Bonchev–Trinajstić information content (AvgIpc) is 2.70. The summed E-state index contributed by atoms with van der Waals surface area (Å²) in [6.07, 6.45) is 6.79. The van der Waals surface area contributed by atoms with Gasteiger partial charge in [-0.2, -0.15) is 11.8 Å².